The summed E-state index contributed by atoms with van der Waals surface area (Å²) in [6, 6.07) is 8.69. The number of nitrogens with one attached hydrogen (secondary N) is 3. The van der Waals surface area contributed by atoms with Gasteiger partial charge in [-0.25, -0.2) is 24.1 Å². The van der Waals surface area contributed by atoms with Crippen LogP contribution < -0.4 is 30.5 Å². The van der Waals surface area contributed by atoms with Gasteiger partial charge in [-0.1, -0.05) is 38.6 Å². The number of aliphatic imine (C=N–C) groups is 1. The molecule has 0 saturated carbocycles. The Bertz CT molecular complexity index is 2080. The van der Waals surface area contributed by atoms with E-state index in [9.17, 15) is 14.4 Å². The molecular weight excluding hydrogens is 752 g/mol. The van der Waals surface area contributed by atoms with Crippen molar-refractivity contribution >= 4 is 46.4 Å². The number of carbonyl (C=O) groups is 3. The minimum absolute atomic E-state index is 0.0296. The first-order valence-electron chi connectivity index (χ1n) is 20.6. The van der Waals surface area contributed by atoms with E-state index in [2.05, 4.69) is 69.1 Å². The lowest BCUT2D eigenvalue weighted by Gasteiger charge is -2.39. The molecule has 2 aromatic heterocycles. The molecule has 314 valence electrons. The summed E-state index contributed by atoms with van der Waals surface area (Å²) in [4.78, 5) is 56.9. The molecular formula is C44H57FN10O4. The number of urea groups is 1. The number of pyridine rings is 2. The van der Waals surface area contributed by atoms with Gasteiger partial charge in [-0.2, -0.15) is 0 Å². The maximum atomic E-state index is 15.1. The third-order valence-electron chi connectivity index (χ3n) is 11.3. The smallest absolute Gasteiger partial charge is 0.329 e. The maximum Gasteiger partial charge on any atom is 0.329 e. The van der Waals surface area contributed by atoms with E-state index >= 15 is 4.39 Å². The number of carbonyl (C=O) groups excluding carboxylic acids is 3. The number of aromatic nitrogens is 2. The van der Waals surface area contributed by atoms with E-state index in [1.54, 1.807) is 24.4 Å². The van der Waals surface area contributed by atoms with Crippen LogP contribution in [0.4, 0.5) is 32.1 Å². The second-order valence-corrected chi connectivity index (χ2v) is 15.2. The Hall–Kier alpha value is -5.83. The van der Waals surface area contributed by atoms with E-state index < -0.39 is 11.8 Å². The quantitative estimate of drug-likeness (QED) is 0.216. The van der Waals surface area contributed by atoms with Crippen LogP contribution in [0, 0.1) is 19.7 Å². The lowest BCUT2D eigenvalue weighted by Crippen LogP contribution is -2.52. The number of piperazine rings is 1. The first kappa shape index (κ1) is 42.8. The fourth-order valence-electron chi connectivity index (χ4n) is 7.86. The normalized spacial score (nSPS) is 18.5. The van der Waals surface area contributed by atoms with Gasteiger partial charge in [-0.3, -0.25) is 24.7 Å². The van der Waals surface area contributed by atoms with Crippen LogP contribution in [0.25, 0.3) is 0 Å². The summed E-state index contributed by atoms with van der Waals surface area (Å²) in [7, 11) is 0. The van der Waals surface area contributed by atoms with Crippen molar-refractivity contribution in [3.63, 3.8) is 0 Å². The van der Waals surface area contributed by atoms with Gasteiger partial charge in [0.1, 0.15) is 29.8 Å². The number of hydrogen-bond acceptors (Lipinski definition) is 11. The van der Waals surface area contributed by atoms with Gasteiger partial charge in [0, 0.05) is 75.7 Å². The van der Waals surface area contributed by atoms with E-state index in [0.717, 1.165) is 79.2 Å². The number of fused-ring (bicyclic) bond motifs is 1. The number of imide groups is 1. The van der Waals surface area contributed by atoms with Gasteiger partial charge in [0.15, 0.2) is 0 Å². The summed E-state index contributed by atoms with van der Waals surface area (Å²) in [6.07, 6.45) is 9.10. The van der Waals surface area contributed by atoms with Crippen LogP contribution in [0.15, 0.2) is 71.8 Å². The van der Waals surface area contributed by atoms with Gasteiger partial charge in [0.25, 0.3) is 0 Å². The predicted molar refractivity (Wildman–Crippen MR) is 231 cm³/mol. The molecule has 4 aliphatic rings. The second kappa shape index (κ2) is 19.7. The van der Waals surface area contributed by atoms with Crippen molar-refractivity contribution in [2.24, 2.45) is 4.99 Å². The van der Waals surface area contributed by atoms with Crippen LogP contribution >= 0.6 is 0 Å². The molecule has 0 aliphatic carbocycles. The van der Waals surface area contributed by atoms with Crippen molar-refractivity contribution in [3.05, 3.63) is 89.3 Å². The third-order valence-corrected chi connectivity index (χ3v) is 11.3. The summed E-state index contributed by atoms with van der Waals surface area (Å²) in [6.45, 7) is 20.9. The average molecular weight is 809 g/mol. The molecule has 4 aliphatic heterocycles. The van der Waals surface area contributed by atoms with Gasteiger partial charge in [0.05, 0.1) is 30.6 Å². The van der Waals surface area contributed by atoms with Gasteiger partial charge < -0.3 is 25.2 Å². The Morgan fingerprint density at radius 1 is 1.03 bits per heavy atom. The van der Waals surface area contributed by atoms with E-state index in [1.165, 1.54) is 11.0 Å². The summed E-state index contributed by atoms with van der Waals surface area (Å²) in [5.41, 5.74) is 7.14. The predicted octanol–water partition coefficient (Wildman–Crippen LogP) is 6.23. The molecule has 4 amide bonds. The average Bonchev–Trinajstić information content (AvgIpc) is 3.23. The number of rotatable bonds is 10. The van der Waals surface area contributed by atoms with Gasteiger partial charge >= 0.3 is 6.03 Å². The summed E-state index contributed by atoms with van der Waals surface area (Å²) in [5, 5.41) is 8.81. The first-order chi connectivity index (χ1) is 28.5. The molecule has 0 atom stereocenters. The van der Waals surface area contributed by atoms with Crippen LogP contribution in [-0.4, -0.2) is 108 Å². The van der Waals surface area contributed by atoms with E-state index in [4.69, 9.17) is 9.73 Å². The minimum Gasteiger partial charge on any atom is -0.474 e. The molecule has 3 saturated heterocycles. The monoisotopic (exact) mass is 808 g/mol. The van der Waals surface area contributed by atoms with Crippen molar-refractivity contribution < 1.29 is 23.5 Å². The Balaban J connectivity index is 0.000000326. The number of nitrogens with zero attached hydrogens (tertiary/aromatic N) is 7. The molecule has 7 rings (SSSR count). The number of allylic oxidation sites excluding steroid dienone is 1. The highest BCUT2D eigenvalue weighted by atomic mass is 19.1. The molecule has 3 fully saturated rings. The molecule has 0 radical (unpaired) electrons. The van der Waals surface area contributed by atoms with Crippen LogP contribution in [0.2, 0.25) is 0 Å². The number of anilines is 4. The number of piperidine rings is 1. The largest absolute Gasteiger partial charge is 0.474 e. The molecule has 0 unspecified atom stereocenters. The first-order valence-corrected chi connectivity index (χ1v) is 20.6. The molecule has 15 heteroatoms. The van der Waals surface area contributed by atoms with E-state index in [-0.39, 0.29) is 18.2 Å². The Morgan fingerprint density at radius 2 is 1.81 bits per heavy atom. The third kappa shape index (κ3) is 10.6. The zero-order chi connectivity index (χ0) is 42.1. The highest BCUT2D eigenvalue weighted by molar-refractivity contribution is 6.05. The lowest BCUT2D eigenvalue weighted by molar-refractivity contribution is -0.132. The van der Waals surface area contributed by atoms with Crippen LogP contribution in [0.3, 0.4) is 0 Å². The topological polar surface area (TPSA) is 148 Å². The zero-order valence-electron chi connectivity index (χ0n) is 34.9. The standard InChI is InChI=1S/C34H46FN7O2.C10H11N3O2/c1-6-25-11-13-42(31-21-37-34-33(23(31)4)36-12-18-44-34)22-30(25)39-24(5)38-27-10-9-26(29(35)20-27)19-32(43)41-16-14-40(15-17-41)28(7-2)8-3;1-7-2-3-8(11-6-7)13-5-4-9(14)12-10(13)15/h6,9-10,20-21,28,36,38H,5,7-8,11-19,22H2,1-4H3;2-3,6H,4-5H2,1H3,(H,12,14,15)/b25-6-,39-30-;. The number of hydrogen-bond donors (Lipinski definition) is 3. The van der Waals surface area contributed by atoms with Crippen molar-refractivity contribution in [2.45, 2.75) is 72.8 Å². The van der Waals surface area contributed by atoms with E-state index in [0.29, 0.717) is 74.0 Å². The number of aryl methyl sites for hydroxylation is 1. The number of benzene rings is 1. The molecule has 1 aromatic carbocycles. The van der Waals surface area contributed by atoms with Crippen molar-refractivity contribution in [2.75, 3.05) is 79.4 Å². The van der Waals surface area contributed by atoms with Crippen molar-refractivity contribution in [1.82, 2.24) is 25.1 Å². The molecule has 3 N–H and O–H groups in total. The fourth-order valence-corrected chi connectivity index (χ4v) is 7.86. The van der Waals surface area contributed by atoms with Crippen LogP contribution in [-0.2, 0) is 16.0 Å². The second-order valence-electron chi connectivity index (χ2n) is 15.2. The lowest BCUT2D eigenvalue weighted by atomic mass is 10.00. The number of amides is 4. The highest BCUT2D eigenvalue weighted by Crippen LogP contribution is 2.36. The van der Waals surface area contributed by atoms with Gasteiger partial charge in [-0.15, -0.1) is 0 Å². The Morgan fingerprint density at radius 3 is 2.49 bits per heavy atom. The number of ether oxygens (including phenoxy) is 1. The summed E-state index contributed by atoms with van der Waals surface area (Å²) in [5.74, 6) is 0.973. The van der Waals surface area contributed by atoms with Crippen molar-refractivity contribution in [3.8, 4) is 5.88 Å². The SMILES string of the molecule is C=C(/N=C1/CN(c2cnc3c(c2C)NCCO3)CC/C1=C/C)Nc1ccc(CC(=O)N2CCN(C(CC)CC)CC2)c(F)c1.Cc1ccc(N2CCC(=O)NC2=O)nc1. The van der Waals surface area contributed by atoms with Crippen LogP contribution in [0.5, 0.6) is 5.88 Å². The Labute approximate surface area is 346 Å². The molecule has 6 heterocycles. The van der Waals surface area contributed by atoms with E-state index in [1.807, 2.05) is 31.0 Å². The summed E-state index contributed by atoms with van der Waals surface area (Å²) >= 11 is 0. The molecule has 0 spiro atoms. The zero-order valence-corrected chi connectivity index (χ0v) is 34.9. The highest BCUT2D eigenvalue weighted by Gasteiger charge is 2.27. The molecule has 3 aromatic rings. The summed E-state index contributed by atoms with van der Waals surface area (Å²) < 4.78 is 20.8. The molecule has 59 heavy (non-hydrogen) atoms. The van der Waals surface area contributed by atoms with Gasteiger partial charge in [0.2, 0.25) is 17.7 Å². The molecule has 14 nitrogen and oxygen atoms in total. The van der Waals surface area contributed by atoms with Crippen molar-refractivity contribution in [1.29, 1.82) is 0 Å². The minimum atomic E-state index is -0.412. The Kier molecular flexibility index (Phi) is 14.3. The van der Waals surface area contributed by atoms with Gasteiger partial charge in [-0.05, 0) is 74.9 Å². The fraction of sp³-hybridized carbons (Fsp3) is 0.455. The molecule has 0 bridgehead atoms. The maximum absolute atomic E-state index is 15.1. The number of halogens is 1. The van der Waals surface area contributed by atoms with Crippen LogP contribution in [0.1, 0.15) is 63.1 Å².